The van der Waals surface area contributed by atoms with Gasteiger partial charge in [0.25, 0.3) is 5.76 Å². The van der Waals surface area contributed by atoms with Gasteiger partial charge >= 0.3 is 0 Å². The Morgan fingerprint density at radius 2 is 2.12 bits per heavy atom. The molecule has 3 heteroatoms. The van der Waals surface area contributed by atoms with Gasteiger partial charge in [-0.15, -0.1) is 0 Å². The van der Waals surface area contributed by atoms with Crippen LogP contribution in [0.15, 0.2) is 0 Å². The van der Waals surface area contributed by atoms with Gasteiger partial charge in [0.05, 0.1) is 0 Å². The average molecular weight is 138 g/mol. The van der Waals surface area contributed by atoms with Gasteiger partial charge in [0, 0.05) is 5.75 Å². The summed E-state index contributed by atoms with van der Waals surface area (Å²) in [4.78, 5) is 0. The molecule has 1 fully saturated rings. The highest BCUT2D eigenvalue weighted by molar-refractivity contribution is 7.99. The van der Waals surface area contributed by atoms with Crippen LogP contribution in [0, 0.1) is 5.92 Å². The zero-order valence-electron chi connectivity index (χ0n) is 4.44. The van der Waals surface area contributed by atoms with Crippen molar-refractivity contribution < 1.29 is 8.78 Å². The van der Waals surface area contributed by atoms with Crippen molar-refractivity contribution >= 4 is 11.8 Å². The first-order chi connectivity index (χ1) is 3.79. The van der Waals surface area contributed by atoms with E-state index in [0.29, 0.717) is 11.7 Å². The fraction of sp³-hybridized carbons (Fsp3) is 1.00. The Balaban J connectivity index is 1.87. The maximum absolute atomic E-state index is 11.4. The molecule has 0 unspecified atom stereocenters. The molecule has 0 saturated heterocycles. The third-order valence-electron chi connectivity index (χ3n) is 1.15. The van der Waals surface area contributed by atoms with E-state index in [2.05, 4.69) is 0 Å². The molecule has 0 spiro atoms. The number of hydrogen-bond acceptors (Lipinski definition) is 1. The van der Waals surface area contributed by atoms with Crippen LogP contribution in [0.2, 0.25) is 0 Å². The highest BCUT2D eigenvalue weighted by Gasteiger charge is 2.22. The van der Waals surface area contributed by atoms with Crippen molar-refractivity contribution in [3.63, 3.8) is 0 Å². The van der Waals surface area contributed by atoms with Gasteiger partial charge in [-0.05, 0) is 18.8 Å². The highest BCUT2D eigenvalue weighted by Crippen LogP contribution is 2.33. The van der Waals surface area contributed by atoms with E-state index in [-0.39, 0.29) is 0 Å². The van der Waals surface area contributed by atoms with Crippen LogP contribution in [-0.2, 0) is 0 Å². The lowest BCUT2D eigenvalue weighted by Crippen LogP contribution is -1.86. The van der Waals surface area contributed by atoms with E-state index in [4.69, 9.17) is 0 Å². The minimum absolute atomic E-state index is 0.619. The van der Waals surface area contributed by atoms with Crippen LogP contribution in [0.1, 0.15) is 12.8 Å². The van der Waals surface area contributed by atoms with E-state index in [0.717, 1.165) is 11.8 Å². The summed E-state index contributed by atoms with van der Waals surface area (Å²) >= 11 is 0.769. The quantitative estimate of drug-likeness (QED) is 0.577. The van der Waals surface area contributed by atoms with Gasteiger partial charge in [-0.1, -0.05) is 11.8 Å². The predicted molar refractivity (Wildman–Crippen MR) is 31.2 cm³/mol. The molecule has 1 rings (SSSR count). The Bertz CT molecular complexity index is 68.8. The molecule has 0 aromatic rings. The fourth-order valence-corrected chi connectivity index (χ4v) is 1.24. The van der Waals surface area contributed by atoms with E-state index >= 15 is 0 Å². The van der Waals surface area contributed by atoms with E-state index in [1.165, 1.54) is 12.8 Å². The summed E-state index contributed by atoms with van der Waals surface area (Å²) in [5.74, 6) is -0.873. The molecule has 0 aliphatic heterocycles. The molecule has 0 N–H and O–H groups in total. The van der Waals surface area contributed by atoms with Gasteiger partial charge in [0.2, 0.25) is 0 Å². The smallest absolute Gasteiger partial charge is 0.198 e. The van der Waals surface area contributed by atoms with Gasteiger partial charge in [0.1, 0.15) is 0 Å². The van der Waals surface area contributed by atoms with Gasteiger partial charge in [-0.3, -0.25) is 0 Å². The zero-order chi connectivity index (χ0) is 5.98. The standard InChI is InChI=1S/C5H8F2S/c6-5(7)8-3-4-1-2-4/h4-5H,1-3H2. The minimum atomic E-state index is -2.16. The zero-order valence-corrected chi connectivity index (χ0v) is 5.26. The predicted octanol–water partition coefficient (Wildman–Crippen LogP) is 2.35. The first-order valence-electron chi connectivity index (χ1n) is 2.69. The van der Waals surface area contributed by atoms with Gasteiger partial charge in [0.15, 0.2) is 0 Å². The van der Waals surface area contributed by atoms with Crippen molar-refractivity contribution in [3.8, 4) is 0 Å². The van der Waals surface area contributed by atoms with Crippen molar-refractivity contribution in [2.45, 2.75) is 18.6 Å². The molecule has 0 radical (unpaired) electrons. The van der Waals surface area contributed by atoms with Crippen LogP contribution in [0.3, 0.4) is 0 Å². The second kappa shape index (κ2) is 2.67. The maximum atomic E-state index is 11.4. The van der Waals surface area contributed by atoms with E-state index in [1.807, 2.05) is 0 Å². The number of hydrogen-bond donors (Lipinski definition) is 0. The summed E-state index contributed by atoms with van der Waals surface area (Å²) < 4.78 is 22.8. The van der Waals surface area contributed by atoms with Crippen LogP contribution in [-0.4, -0.2) is 11.5 Å². The molecule has 1 saturated carbocycles. The van der Waals surface area contributed by atoms with Gasteiger partial charge < -0.3 is 0 Å². The first kappa shape index (κ1) is 6.33. The molecule has 0 bridgehead atoms. The molecule has 0 aromatic carbocycles. The summed E-state index contributed by atoms with van der Waals surface area (Å²) in [6.07, 6.45) is 2.33. The molecule has 0 heterocycles. The summed E-state index contributed by atoms with van der Waals surface area (Å²) in [5, 5.41) is 0. The molecular weight excluding hydrogens is 130 g/mol. The minimum Gasteiger partial charge on any atom is -0.198 e. The number of rotatable bonds is 3. The number of alkyl halides is 2. The Kier molecular flexibility index (Phi) is 2.11. The molecule has 0 nitrogen and oxygen atoms in total. The molecule has 0 aromatic heterocycles. The van der Waals surface area contributed by atoms with E-state index in [9.17, 15) is 8.78 Å². The van der Waals surface area contributed by atoms with E-state index < -0.39 is 5.76 Å². The largest absolute Gasteiger partial charge is 0.284 e. The molecular formula is C5H8F2S. The molecule has 0 amide bonds. The van der Waals surface area contributed by atoms with Gasteiger partial charge in [-0.2, -0.15) is 8.78 Å². The number of halogens is 2. The molecule has 1 aliphatic carbocycles. The van der Waals surface area contributed by atoms with Gasteiger partial charge in [-0.25, -0.2) is 0 Å². The third kappa shape index (κ3) is 2.50. The lowest BCUT2D eigenvalue weighted by molar-refractivity contribution is 0.252. The summed E-state index contributed by atoms with van der Waals surface area (Å²) in [7, 11) is 0. The SMILES string of the molecule is FC(F)SCC1CC1. The lowest BCUT2D eigenvalue weighted by Gasteiger charge is -1.93. The maximum Gasteiger partial charge on any atom is 0.284 e. The molecule has 0 atom stereocenters. The van der Waals surface area contributed by atoms with Crippen LogP contribution in [0.25, 0.3) is 0 Å². The van der Waals surface area contributed by atoms with Crippen molar-refractivity contribution in [1.29, 1.82) is 0 Å². The normalized spacial score (nSPS) is 19.9. The number of thioether (sulfide) groups is 1. The highest BCUT2D eigenvalue weighted by atomic mass is 32.2. The van der Waals surface area contributed by atoms with Crippen molar-refractivity contribution in [3.05, 3.63) is 0 Å². The average Bonchev–Trinajstić information content (AvgIpc) is 2.41. The lowest BCUT2D eigenvalue weighted by atomic mass is 10.5. The Labute approximate surface area is 51.6 Å². The Morgan fingerprint density at radius 1 is 1.50 bits per heavy atom. The van der Waals surface area contributed by atoms with E-state index in [1.54, 1.807) is 0 Å². The second-order valence-corrected chi connectivity index (χ2v) is 3.06. The second-order valence-electron chi connectivity index (χ2n) is 2.04. The first-order valence-corrected chi connectivity index (χ1v) is 3.73. The third-order valence-corrected chi connectivity index (χ3v) is 2.07. The topological polar surface area (TPSA) is 0 Å². The van der Waals surface area contributed by atoms with Crippen LogP contribution >= 0.6 is 11.8 Å². The Morgan fingerprint density at radius 3 is 2.50 bits per heavy atom. The van der Waals surface area contributed by atoms with Crippen LogP contribution < -0.4 is 0 Å². The summed E-state index contributed by atoms with van der Waals surface area (Å²) in [6.45, 7) is 0. The molecule has 1 aliphatic rings. The molecule has 48 valence electrons. The van der Waals surface area contributed by atoms with Crippen LogP contribution in [0.4, 0.5) is 8.78 Å². The monoisotopic (exact) mass is 138 g/mol. The Hall–Kier alpha value is 0.210. The summed E-state index contributed by atoms with van der Waals surface area (Å²) in [5.41, 5.74) is 0. The fourth-order valence-electron chi connectivity index (χ4n) is 0.493. The molecule has 8 heavy (non-hydrogen) atoms. The van der Waals surface area contributed by atoms with Crippen molar-refractivity contribution in [1.82, 2.24) is 0 Å². The van der Waals surface area contributed by atoms with Crippen LogP contribution in [0.5, 0.6) is 0 Å². The van der Waals surface area contributed by atoms with Crippen molar-refractivity contribution in [2.24, 2.45) is 5.92 Å². The summed E-state index contributed by atoms with van der Waals surface area (Å²) in [6, 6.07) is 0. The van der Waals surface area contributed by atoms with Crippen molar-refractivity contribution in [2.75, 3.05) is 5.75 Å².